The van der Waals surface area contributed by atoms with Crippen LogP contribution < -0.4 is 10.1 Å². The molecule has 2 heterocycles. The fourth-order valence-corrected chi connectivity index (χ4v) is 2.71. The van der Waals surface area contributed by atoms with Gasteiger partial charge >= 0.3 is 0 Å². The maximum atomic E-state index is 12.3. The van der Waals surface area contributed by atoms with Gasteiger partial charge in [0.05, 0.1) is 24.4 Å². The summed E-state index contributed by atoms with van der Waals surface area (Å²) in [5.41, 5.74) is 2.66. The molecule has 3 rings (SSSR count). The van der Waals surface area contributed by atoms with Crippen molar-refractivity contribution < 1.29 is 9.53 Å². The summed E-state index contributed by atoms with van der Waals surface area (Å²) < 4.78 is 7.08. The lowest BCUT2D eigenvalue weighted by Crippen LogP contribution is -2.26. The molecule has 0 atom stereocenters. The molecule has 0 spiro atoms. The van der Waals surface area contributed by atoms with E-state index in [0.717, 1.165) is 28.6 Å². The molecule has 2 N–H and O–H groups in total. The highest BCUT2D eigenvalue weighted by Gasteiger charge is 2.16. The molecule has 0 saturated heterocycles. The van der Waals surface area contributed by atoms with Crippen molar-refractivity contribution in [2.45, 2.75) is 32.7 Å². The number of carbonyl (C=O) groups excluding carboxylic acids is 1. The van der Waals surface area contributed by atoms with Gasteiger partial charge in [-0.05, 0) is 51.0 Å². The predicted molar refractivity (Wildman–Crippen MR) is 98.1 cm³/mol. The van der Waals surface area contributed by atoms with E-state index in [9.17, 15) is 4.79 Å². The second kappa shape index (κ2) is 6.63. The highest BCUT2D eigenvalue weighted by molar-refractivity contribution is 5.93. The highest BCUT2D eigenvalue weighted by Crippen LogP contribution is 2.23. The average molecular weight is 340 g/mol. The summed E-state index contributed by atoms with van der Waals surface area (Å²) >= 11 is 0. The van der Waals surface area contributed by atoms with Crippen molar-refractivity contribution in [2.24, 2.45) is 0 Å². The standard InChI is InChI=1S/C19H24N4O2/c1-19(2,3)23-12-14(11-22-23)18(24)20-8-7-13-10-21-17-6-5-15(25-4)9-16(13)17/h5-6,9-12,21H,7-8H2,1-4H3,(H,20,24). The number of aromatic nitrogens is 3. The normalized spacial score (nSPS) is 11.7. The third-order valence-corrected chi connectivity index (χ3v) is 4.19. The monoisotopic (exact) mass is 340 g/mol. The maximum absolute atomic E-state index is 12.3. The van der Waals surface area contributed by atoms with Crippen LogP contribution in [-0.4, -0.2) is 34.3 Å². The lowest BCUT2D eigenvalue weighted by atomic mass is 10.1. The Morgan fingerprint density at radius 1 is 1.36 bits per heavy atom. The lowest BCUT2D eigenvalue weighted by Gasteiger charge is -2.18. The fourth-order valence-electron chi connectivity index (χ4n) is 2.71. The van der Waals surface area contributed by atoms with Gasteiger partial charge in [-0.1, -0.05) is 0 Å². The lowest BCUT2D eigenvalue weighted by molar-refractivity contribution is 0.0954. The van der Waals surface area contributed by atoms with Crippen LogP contribution in [0.15, 0.2) is 36.8 Å². The highest BCUT2D eigenvalue weighted by atomic mass is 16.5. The molecule has 25 heavy (non-hydrogen) atoms. The molecule has 1 aromatic carbocycles. The number of nitrogens with zero attached hydrogens (tertiary/aromatic N) is 2. The van der Waals surface area contributed by atoms with Gasteiger partial charge in [0.2, 0.25) is 0 Å². The number of benzene rings is 1. The molecule has 132 valence electrons. The summed E-state index contributed by atoms with van der Waals surface area (Å²) in [4.78, 5) is 15.5. The van der Waals surface area contributed by atoms with Gasteiger partial charge < -0.3 is 15.0 Å². The van der Waals surface area contributed by atoms with Gasteiger partial charge in [-0.2, -0.15) is 5.10 Å². The molecule has 0 fully saturated rings. The average Bonchev–Trinajstić information content (AvgIpc) is 3.21. The predicted octanol–water partition coefficient (Wildman–Crippen LogP) is 3.10. The van der Waals surface area contributed by atoms with E-state index in [2.05, 4.69) is 15.4 Å². The third-order valence-electron chi connectivity index (χ3n) is 4.19. The van der Waals surface area contributed by atoms with Crippen LogP contribution in [0.4, 0.5) is 0 Å². The zero-order valence-corrected chi connectivity index (χ0v) is 15.1. The molecule has 0 bridgehead atoms. The van der Waals surface area contributed by atoms with E-state index >= 15 is 0 Å². The Kier molecular flexibility index (Phi) is 4.53. The minimum atomic E-state index is -0.137. The van der Waals surface area contributed by atoms with Crippen molar-refractivity contribution in [2.75, 3.05) is 13.7 Å². The Morgan fingerprint density at radius 3 is 2.84 bits per heavy atom. The molecule has 0 aliphatic carbocycles. The largest absolute Gasteiger partial charge is 0.497 e. The van der Waals surface area contributed by atoms with E-state index < -0.39 is 0 Å². The number of hydrogen-bond acceptors (Lipinski definition) is 3. The van der Waals surface area contributed by atoms with E-state index in [4.69, 9.17) is 4.74 Å². The van der Waals surface area contributed by atoms with Crippen LogP contribution in [0.2, 0.25) is 0 Å². The summed E-state index contributed by atoms with van der Waals surface area (Å²) in [6.07, 6.45) is 6.11. The number of fused-ring (bicyclic) bond motifs is 1. The van der Waals surface area contributed by atoms with Crippen molar-refractivity contribution in [3.63, 3.8) is 0 Å². The minimum Gasteiger partial charge on any atom is -0.497 e. The Labute approximate surface area is 147 Å². The van der Waals surface area contributed by atoms with Gasteiger partial charge in [-0.15, -0.1) is 0 Å². The number of H-pyrrole nitrogens is 1. The summed E-state index contributed by atoms with van der Waals surface area (Å²) in [5.74, 6) is 0.722. The van der Waals surface area contributed by atoms with Gasteiger partial charge in [0, 0.05) is 29.8 Å². The van der Waals surface area contributed by atoms with Crippen LogP contribution >= 0.6 is 0 Å². The number of nitrogens with one attached hydrogen (secondary N) is 2. The first-order valence-corrected chi connectivity index (χ1v) is 8.36. The smallest absolute Gasteiger partial charge is 0.254 e. The van der Waals surface area contributed by atoms with Crippen molar-refractivity contribution in [1.29, 1.82) is 0 Å². The molecule has 6 nitrogen and oxygen atoms in total. The van der Waals surface area contributed by atoms with Crippen molar-refractivity contribution >= 4 is 16.8 Å². The van der Waals surface area contributed by atoms with Gasteiger partial charge in [-0.25, -0.2) is 0 Å². The first-order valence-electron chi connectivity index (χ1n) is 8.36. The number of aromatic amines is 1. The van der Waals surface area contributed by atoms with Gasteiger partial charge in [-0.3, -0.25) is 9.48 Å². The van der Waals surface area contributed by atoms with Crippen molar-refractivity contribution in [3.05, 3.63) is 47.9 Å². The first-order chi connectivity index (χ1) is 11.9. The third kappa shape index (κ3) is 3.68. The maximum Gasteiger partial charge on any atom is 0.254 e. The first kappa shape index (κ1) is 17.1. The molecule has 1 amide bonds. The second-order valence-electron chi connectivity index (χ2n) is 7.08. The van der Waals surface area contributed by atoms with Crippen LogP contribution in [0, 0.1) is 0 Å². The number of methoxy groups -OCH3 is 1. The van der Waals surface area contributed by atoms with Gasteiger partial charge in [0.25, 0.3) is 5.91 Å². The number of ether oxygens (including phenoxy) is 1. The topological polar surface area (TPSA) is 71.9 Å². The molecule has 0 unspecified atom stereocenters. The SMILES string of the molecule is COc1ccc2[nH]cc(CCNC(=O)c3cnn(C(C)(C)C)c3)c2c1. The van der Waals surface area contributed by atoms with E-state index in [1.54, 1.807) is 24.2 Å². The Hall–Kier alpha value is -2.76. The van der Waals surface area contributed by atoms with E-state index in [-0.39, 0.29) is 11.4 Å². The van der Waals surface area contributed by atoms with E-state index in [0.29, 0.717) is 12.1 Å². The van der Waals surface area contributed by atoms with E-state index in [1.165, 1.54) is 0 Å². The van der Waals surface area contributed by atoms with E-state index in [1.807, 2.05) is 45.2 Å². The molecule has 6 heteroatoms. The van der Waals surface area contributed by atoms with Crippen LogP contribution in [0.5, 0.6) is 5.75 Å². The Bertz CT molecular complexity index is 886. The zero-order valence-electron chi connectivity index (χ0n) is 15.1. The zero-order chi connectivity index (χ0) is 18.0. The summed E-state index contributed by atoms with van der Waals surface area (Å²) in [5, 5.41) is 8.34. The van der Waals surface area contributed by atoms with Crippen LogP contribution in [-0.2, 0) is 12.0 Å². The van der Waals surface area contributed by atoms with Crippen LogP contribution in [0.25, 0.3) is 10.9 Å². The van der Waals surface area contributed by atoms with Crippen LogP contribution in [0.1, 0.15) is 36.7 Å². The van der Waals surface area contributed by atoms with Crippen molar-refractivity contribution in [1.82, 2.24) is 20.1 Å². The minimum absolute atomic E-state index is 0.104. The fraction of sp³-hybridized carbons (Fsp3) is 0.368. The molecule has 0 saturated carbocycles. The summed E-state index contributed by atoms with van der Waals surface area (Å²) in [6.45, 7) is 6.70. The molecule has 0 aliphatic rings. The van der Waals surface area contributed by atoms with Crippen molar-refractivity contribution in [3.8, 4) is 5.75 Å². The summed E-state index contributed by atoms with van der Waals surface area (Å²) in [6, 6.07) is 5.94. The van der Waals surface area contributed by atoms with Gasteiger partial charge in [0.15, 0.2) is 0 Å². The number of rotatable bonds is 5. The molecule has 2 aromatic heterocycles. The van der Waals surface area contributed by atoms with Crippen LogP contribution in [0.3, 0.4) is 0 Å². The molecule has 3 aromatic rings. The molecule has 0 radical (unpaired) electrons. The number of amides is 1. The molecule has 0 aliphatic heterocycles. The number of carbonyl (C=O) groups is 1. The summed E-state index contributed by atoms with van der Waals surface area (Å²) in [7, 11) is 1.66. The molecular formula is C19H24N4O2. The Morgan fingerprint density at radius 2 is 2.16 bits per heavy atom. The Balaban J connectivity index is 1.63. The second-order valence-corrected chi connectivity index (χ2v) is 7.08. The van der Waals surface area contributed by atoms with Gasteiger partial charge in [0.1, 0.15) is 5.75 Å². The number of hydrogen-bond donors (Lipinski definition) is 2. The molecular weight excluding hydrogens is 316 g/mol. The quantitative estimate of drug-likeness (QED) is 0.750.